The van der Waals surface area contributed by atoms with Crippen molar-refractivity contribution >= 4 is 23.7 Å². The van der Waals surface area contributed by atoms with Gasteiger partial charge < -0.3 is 14.8 Å². The molecular weight excluding hydrogens is 346 g/mol. The summed E-state index contributed by atoms with van der Waals surface area (Å²) in [4.78, 5) is 23.9. The lowest BCUT2D eigenvalue weighted by atomic mass is 10.2. The van der Waals surface area contributed by atoms with Gasteiger partial charge in [-0.1, -0.05) is 18.7 Å². The lowest BCUT2D eigenvalue weighted by Crippen LogP contribution is -2.32. The van der Waals surface area contributed by atoms with Gasteiger partial charge in [0.2, 0.25) is 0 Å². The van der Waals surface area contributed by atoms with Gasteiger partial charge >= 0.3 is 11.8 Å². The van der Waals surface area contributed by atoms with Gasteiger partial charge in [0, 0.05) is 0 Å². The molecule has 2 rings (SSSR count). The quantitative estimate of drug-likeness (QED) is 0.341. The first-order valence-corrected chi connectivity index (χ1v) is 8.16. The van der Waals surface area contributed by atoms with Gasteiger partial charge in [0.15, 0.2) is 0 Å². The summed E-state index contributed by atoms with van der Waals surface area (Å²) in [5, 5.41) is 6.29. The molecule has 0 unspecified atom stereocenters. The van der Waals surface area contributed by atoms with E-state index >= 15 is 0 Å². The summed E-state index contributed by atoms with van der Waals surface area (Å²) >= 11 is 0. The molecule has 0 bridgehead atoms. The maximum atomic E-state index is 12.0. The van der Waals surface area contributed by atoms with Crippen molar-refractivity contribution in [1.29, 1.82) is 0 Å². The average Bonchev–Trinajstić information content (AvgIpc) is 2.67. The fraction of sp³-hybridized carbons (Fsp3) is 0.150. The molecule has 2 N–H and O–H groups in total. The number of amides is 2. The molecule has 0 aliphatic carbocycles. The van der Waals surface area contributed by atoms with E-state index in [1.54, 1.807) is 42.5 Å². The molecule has 27 heavy (non-hydrogen) atoms. The first kappa shape index (κ1) is 19.7. The zero-order valence-electron chi connectivity index (χ0n) is 15.2. The van der Waals surface area contributed by atoms with Crippen LogP contribution in [-0.4, -0.2) is 31.7 Å². The Hall–Kier alpha value is -3.61. The number of benzene rings is 2. The number of ether oxygens (including phenoxy) is 2. The Kier molecular flexibility index (Phi) is 7.13. The zero-order valence-corrected chi connectivity index (χ0v) is 15.2. The van der Waals surface area contributed by atoms with E-state index in [2.05, 4.69) is 22.4 Å². The second-order valence-corrected chi connectivity index (χ2v) is 5.53. The van der Waals surface area contributed by atoms with Gasteiger partial charge in [-0.15, -0.1) is 0 Å². The number of nitrogens with zero attached hydrogens (tertiary/aromatic N) is 1. The number of anilines is 1. The van der Waals surface area contributed by atoms with E-state index in [-0.39, 0.29) is 0 Å². The van der Waals surface area contributed by atoms with E-state index in [1.807, 2.05) is 13.0 Å². The molecule has 0 radical (unpaired) electrons. The Labute approximate surface area is 157 Å². The normalized spacial score (nSPS) is 10.3. The predicted molar refractivity (Wildman–Crippen MR) is 104 cm³/mol. The topological polar surface area (TPSA) is 89.0 Å². The minimum Gasteiger partial charge on any atom is -0.495 e. The highest BCUT2D eigenvalue weighted by atomic mass is 16.5. The smallest absolute Gasteiger partial charge is 0.329 e. The Morgan fingerprint density at radius 3 is 2.56 bits per heavy atom. The summed E-state index contributed by atoms with van der Waals surface area (Å²) in [6.45, 7) is 5.87. The molecule has 2 amide bonds. The van der Waals surface area contributed by atoms with Gasteiger partial charge in [0.1, 0.15) is 18.1 Å². The molecule has 0 heterocycles. The third kappa shape index (κ3) is 6.00. The van der Waals surface area contributed by atoms with Crippen molar-refractivity contribution in [2.24, 2.45) is 5.10 Å². The molecule has 7 nitrogen and oxygen atoms in total. The summed E-state index contributed by atoms with van der Waals surface area (Å²) in [6, 6.07) is 12.3. The molecule has 0 saturated carbocycles. The number of carbonyl (C=O) groups excluding carboxylic acids is 2. The fourth-order valence-electron chi connectivity index (χ4n) is 2.12. The van der Waals surface area contributed by atoms with Crippen molar-refractivity contribution in [1.82, 2.24) is 5.43 Å². The van der Waals surface area contributed by atoms with E-state index in [4.69, 9.17) is 9.47 Å². The maximum absolute atomic E-state index is 12.0. The largest absolute Gasteiger partial charge is 0.495 e. The van der Waals surface area contributed by atoms with Crippen LogP contribution in [0.25, 0.3) is 0 Å². The van der Waals surface area contributed by atoms with Gasteiger partial charge in [0.25, 0.3) is 0 Å². The minimum atomic E-state index is -0.888. The minimum absolute atomic E-state index is 0.414. The standard InChI is InChI=1S/C20H21N3O4/c1-4-11-27-16-8-6-15(7-9-16)13-21-23-20(25)19(24)22-17-12-14(2)5-10-18(17)26-3/h4-10,12-13H,1,11H2,2-3H3,(H,22,24)(H,23,25)/b21-13-. The van der Waals surface area contributed by atoms with Gasteiger partial charge in [-0.2, -0.15) is 5.10 Å². The molecule has 0 aliphatic rings. The first-order chi connectivity index (χ1) is 13.0. The third-order valence-corrected chi connectivity index (χ3v) is 3.44. The number of rotatable bonds is 7. The van der Waals surface area contributed by atoms with Crippen LogP contribution in [0.5, 0.6) is 11.5 Å². The summed E-state index contributed by atoms with van der Waals surface area (Å²) in [5.41, 5.74) is 4.26. The predicted octanol–water partition coefficient (Wildman–Crippen LogP) is 2.66. The molecule has 2 aromatic carbocycles. The van der Waals surface area contributed by atoms with Crippen LogP contribution in [0.2, 0.25) is 0 Å². The molecule has 2 aromatic rings. The van der Waals surface area contributed by atoms with Gasteiger partial charge in [-0.25, -0.2) is 5.43 Å². The fourth-order valence-corrected chi connectivity index (χ4v) is 2.12. The highest BCUT2D eigenvalue weighted by Gasteiger charge is 2.15. The highest BCUT2D eigenvalue weighted by Crippen LogP contribution is 2.24. The van der Waals surface area contributed by atoms with Crippen LogP contribution >= 0.6 is 0 Å². The van der Waals surface area contributed by atoms with E-state index < -0.39 is 11.8 Å². The summed E-state index contributed by atoms with van der Waals surface area (Å²) in [6.07, 6.45) is 3.08. The molecule has 7 heteroatoms. The number of hydrogen-bond donors (Lipinski definition) is 2. The van der Waals surface area contributed by atoms with E-state index in [0.717, 1.165) is 11.1 Å². The Morgan fingerprint density at radius 2 is 1.89 bits per heavy atom. The van der Waals surface area contributed by atoms with Crippen molar-refractivity contribution in [3.63, 3.8) is 0 Å². The van der Waals surface area contributed by atoms with Crippen LogP contribution in [0.15, 0.2) is 60.2 Å². The molecule has 0 atom stereocenters. The second kappa shape index (κ2) is 9.76. The third-order valence-electron chi connectivity index (χ3n) is 3.44. The molecule has 0 fully saturated rings. The number of hydrazone groups is 1. The van der Waals surface area contributed by atoms with Crippen molar-refractivity contribution in [2.75, 3.05) is 19.0 Å². The van der Waals surface area contributed by atoms with Crippen LogP contribution in [0.3, 0.4) is 0 Å². The van der Waals surface area contributed by atoms with Crippen LogP contribution < -0.4 is 20.2 Å². The molecule has 0 saturated heterocycles. The lowest BCUT2D eigenvalue weighted by molar-refractivity contribution is -0.136. The van der Waals surface area contributed by atoms with Gasteiger partial charge in [-0.05, 0) is 54.4 Å². The first-order valence-electron chi connectivity index (χ1n) is 8.16. The van der Waals surface area contributed by atoms with Gasteiger partial charge in [0.05, 0.1) is 19.0 Å². The summed E-state index contributed by atoms with van der Waals surface area (Å²) in [5.74, 6) is -0.573. The van der Waals surface area contributed by atoms with Crippen molar-refractivity contribution < 1.29 is 19.1 Å². The van der Waals surface area contributed by atoms with Crippen LogP contribution in [0.1, 0.15) is 11.1 Å². The molecule has 0 spiro atoms. The molecule has 0 aromatic heterocycles. The number of hydrogen-bond acceptors (Lipinski definition) is 5. The van der Waals surface area contributed by atoms with Crippen molar-refractivity contribution in [3.8, 4) is 11.5 Å². The summed E-state index contributed by atoms with van der Waals surface area (Å²) < 4.78 is 10.5. The van der Waals surface area contributed by atoms with Gasteiger partial charge in [-0.3, -0.25) is 9.59 Å². The average molecular weight is 367 g/mol. The molecule has 0 aliphatic heterocycles. The second-order valence-electron chi connectivity index (χ2n) is 5.53. The van der Waals surface area contributed by atoms with Crippen LogP contribution in [-0.2, 0) is 9.59 Å². The van der Waals surface area contributed by atoms with Crippen LogP contribution in [0.4, 0.5) is 5.69 Å². The Bertz CT molecular complexity index is 845. The Balaban J connectivity index is 1.91. The number of aryl methyl sites for hydroxylation is 1. The maximum Gasteiger partial charge on any atom is 0.329 e. The SMILES string of the molecule is C=CCOc1ccc(/C=N\NC(=O)C(=O)Nc2cc(C)ccc2OC)cc1. The van der Waals surface area contributed by atoms with E-state index in [1.165, 1.54) is 13.3 Å². The van der Waals surface area contributed by atoms with Crippen molar-refractivity contribution in [2.45, 2.75) is 6.92 Å². The molecule has 140 valence electrons. The number of methoxy groups -OCH3 is 1. The zero-order chi connectivity index (χ0) is 19.6. The molecular formula is C20H21N3O4. The summed E-state index contributed by atoms with van der Waals surface area (Å²) in [7, 11) is 1.48. The van der Waals surface area contributed by atoms with E-state index in [0.29, 0.717) is 23.8 Å². The van der Waals surface area contributed by atoms with Crippen LogP contribution in [0, 0.1) is 6.92 Å². The van der Waals surface area contributed by atoms with E-state index in [9.17, 15) is 9.59 Å². The number of nitrogens with one attached hydrogen (secondary N) is 2. The lowest BCUT2D eigenvalue weighted by Gasteiger charge is -2.10. The number of carbonyl (C=O) groups is 2. The Morgan fingerprint density at radius 1 is 1.15 bits per heavy atom. The monoisotopic (exact) mass is 367 g/mol. The van der Waals surface area contributed by atoms with Crippen molar-refractivity contribution in [3.05, 3.63) is 66.2 Å². The highest BCUT2D eigenvalue weighted by molar-refractivity contribution is 6.39.